The van der Waals surface area contributed by atoms with Crippen LogP contribution >= 0.6 is 0 Å². The molecule has 5 nitrogen and oxygen atoms in total. The first-order valence-electron chi connectivity index (χ1n) is 8.60. The van der Waals surface area contributed by atoms with Crippen LogP contribution in [0.1, 0.15) is 47.5 Å². The van der Waals surface area contributed by atoms with Gasteiger partial charge in [0.15, 0.2) is 0 Å². The van der Waals surface area contributed by atoms with Gasteiger partial charge in [-0.3, -0.25) is 9.59 Å². The Morgan fingerprint density at radius 2 is 1.46 bits per heavy atom. The minimum absolute atomic E-state index is 0.00559. The lowest BCUT2D eigenvalue weighted by Gasteiger charge is -2.14. The molecule has 0 heterocycles. The molecule has 1 rings (SSSR count). The number of hydrogen-bond donors (Lipinski definition) is 2. The Kier molecular flexibility index (Phi) is 8.47. The molecule has 0 saturated carbocycles. The lowest BCUT2D eigenvalue weighted by Crippen LogP contribution is -2.28. The largest absolute Gasteiger partial charge is 0.369 e. The molecule has 1 aromatic rings. The molecule has 0 radical (unpaired) electrons. The van der Waals surface area contributed by atoms with E-state index in [1.165, 1.54) is 0 Å². The van der Waals surface area contributed by atoms with E-state index in [0.29, 0.717) is 30.6 Å². The lowest BCUT2D eigenvalue weighted by atomic mass is 10.1. The Balaban J connectivity index is 2.45. The summed E-state index contributed by atoms with van der Waals surface area (Å²) in [5.74, 6) is 0.698. The molecular weight excluding hydrogens is 304 g/mol. The van der Waals surface area contributed by atoms with Crippen molar-refractivity contribution in [2.75, 3.05) is 17.2 Å². The molecule has 0 aromatic heterocycles. The summed E-state index contributed by atoms with van der Waals surface area (Å²) in [6.07, 6.45) is 0.931. The maximum absolute atomic E-state index is 12.1. The zero-order valence-electron chi connectivity index (χ0n) is 15.4. The molecule has 2 N–H and O–H groups in total. The van der Waals surface area contributed by atoms with Crippen LogP contribution in [0, 0.1) is 11.8 Å². The van der Waals surface area contributed by atoms with Gasteiger partial charge in [-0.05, 0) is 49.4 Å². The van der Waals surface area contributed by atoms with E-state index in [2.05, 4.69) is 24.5 Å². The van der Waals surface area contributed by atoms with Gasteiger partial charge in [0.25, 0.3) is 5.91 Å². The van der Waals surface area contributed by atoms with Crippen molar-refractivity contribution in [1.29, 1.82) is 0 Å². The molecule has 0 aliphatic rings. The maximum Gasteiger partial charge on any atom is 0.253 e. The van der Waals surface area contributed by atoms with E-state index in [9.17, 15) is 9.59 Å². The summed E-state index contributed by atoms with van der Waals surface area (Å²) in [5, 5.41) is 5.65. The molecule has 0 aliphatic carbocycles. The van der Waals surface area contributed by atoms with Gasteiger partial charge >= 0.3 is 0 Å². The summed E-state index contributed by atoms with van der Waals surface area (Å²) < 4.78 is 5.53. The Morgan fingerprint density at radius 3 is 1.96 bits per heavy atom. The highest BCUT2D eigenvalue weighted by molar-refractivity contribution is 5.94. The summed E-state index contributed by atoms with van der Waals surface area (Å²) in [5.41, 5.74) is 1.40. The van der Waals surface area contributed by atoms with Gasteiger partial charge in [0, 0.05) is 24.4 Å². The number of hydrogen-bond acceptors (Lipinski definition) is 3. The fraction of sp³-hybridized carbons (Fsp3) is 0.579. The first kappa shape index (κ1) is 20.2. The van der Waals surface area contributed by atoms with Crippen LogP contribution in [-0.4, -0.2) is 24.5 Å². The third-order valence-corrected chi connectivity index (χ3v) is 3.46. The number of nitrogens with one attached hydrogen (secondary N) is 2. The number of carbonyl (C=O) groups is 2. The highest BCUT2D eigenvalue weighted by Crippen LogP contribution is 2.15. The van der Waals surface area contributed by atoms with Crippen LogP contribution in [0.15, 0.2) is 24.3 Å². The van der Waals surface area contributed by atoms with Crippen LogP contribution in [0.3, 0.4) is 0 Å². The second kappa shape index (κ2) is 10.1. The lowest BCUT2D eigenvalue weighted by molar-refractivity contribution is -0.126. The van der Waals surface area contributed by atoms with Gasteiger partial charge < -0.3 is 15.4 Å². The average molecular weight is 334 g/mol. The molecule has 1 aromatic carbocycles. The second-order valence-electron chi connectivity index (χ2n) is 6.91. The molecule has 0 fully saturated rings. The number of anilines is 2. The highest BCUT2D eigenvalue weighted by Gasteiger charge is 2.13. The minimum atomic E-state index is -0.492. The fourth-order valence-corrected chi connectivity index (χ4v) is 2.02. The van der Waals surface area contributed by atoms with E-state index >= 15 is 0 Å². The van der Waals surface area contributed by atoms with Gasteiger partial charge in [0.1, 0.15) is 6.10 Å². The Hall–Kier alpha value is -1.88. The first-order valence-corrected chi connectivity index (χ1v) is 8.60. The predicted octanol–water partition coefficient (Wildman–Crippen LogP) is 4.06. The number of rotatable bonds is 9. The number of benzene rings is 1. The van der Waals surface area contributed by atoms with Gasteiger partial charge in [0.05, 0.1) is 0 Å². The quantitative estimate of drug-likeness (QED) is 0.715. The van der Waals surface area contributed by atoms with Crippen molar-refractivity contribution in [2.24, 2.45) is 11.8 Å². The van der Waals surface area contributed by atoms with Crippen LogP contribution in [0.2, 0.25) is 0 Å². The van der Waals surface area contributed by atoms with E-state index in [4.69, 9.17) is 4.74 Å². The summed E-state index contributed by atoms with van der Waals surface area (Å²) >= 11 is 0. The third kappa shape index (κ3) is 8.11. The van der Waals surface area contributed by atoms with E-state index < -0.39 is 6.10 Å². The van der Waals surface area contributed by atoms with Crippen LogP contribution in [0.5, 0.6) is 0 Å². The van der Waals surface area contributed by atoms with Crippen LogP contribution in [-0.2, 0) is 14.3 Å². The zero-order valence-corrected chi connectivity index (χ0v) is 15.4. The van der Waals surface area contributed by atoms with Crippen molar-refractivity contribution in [2.45, 2.75) is 53.6 Å². The van der Waals surface area contributed by atoms with Crippen molar-refractivity contribution in [3.63, 3.8) is 0 Å². The summed E-state index contributed by atoms with van der Waals surface area (Å²) in [7, 11) is 0. The summed E-state index contributed by atoms with van der Waals surface area (Å²) in [6.45, 7) is 10.6. The van der Waals surface area contributed by atoms with Gasteiger partial charge in [-0.15, -0.1) is 0 Å². The van der Waals surface area contributed by atoms with Gasteiger partial charge in [-0.1, -0.05) is 27.7 Å². The van der Waals surface area contributed by atoms with Gasteiger partial charge in [0.2, 0.25) is 5.91 Å². The predicted molar refractivity (Wildman–Crippen MR) is 98.0 cm³/mol. The third-order valence-electron chi connectivity index (χ3n) is 3.46. The topological polar surface area (TPSA) is 67.4 Å². The molecule has 2 amide bonds. The molecule has 134 valence electrons. The number of ether oxygens (including phenoxy) is 1. The van der Waals surface area contributed by atoms with E-state index in [-0.39, 0.29) is 11.8 Å². The molecule has 0 aliphatic heterocycles. The summed E-state index contributed by atoms with van der Waals surface area (Å²) in [6, 6.07) is 7.09. The van der Waals surface area contributed by atoms with E-state index in [1.807, 2.05) is 13.8 Å². The highest BCUT2D eigenvalue weighted by atomic mass is 16.5. The van der Waals surface area contributed by atoms with Crippen molar-refractivity contribution in [1.82, 2.24) is 0 Å². The van der Waals surface area contributed by atoms with E-state index in [1.54, 1.807) is 31.2 Å². The SMILES string of the molecule is CC(C)CCO[C@H](C)C(=O)Nc1ccc(NC(=O)CC(C)C)cc1. The molecule has 5 heteroatoms. The molecule has 0 saturated heterocycles. The molecule has 0 spiro atoms. The smallest absolute Gasteiger partial charge is 0.253 e. The normalized spacial score (nSPS) is 12.3. The van der Waals surface area contributed by atoms with Gasteiger partial charge in [-0.2, -0.15) is 0 Å². The Labute approximate surface area is 145 Å². The summed E-state index contributed by atoms with van der Waals surface area (Å²) in [4.78, 5) is 23.8. The van der Waals surface area contributed by atoms with Crippen molar-refractivity contribution in [3.05, 3.63) is 24.3 Å². The number of carbonyl (C=O) groups excluding carboxylic acids is 2. The standard InChI is InChI=1S/C19H30N2O3/c1-13(2)10-11-24-15(5)19(23)21-17-8-6-16(7-9-17)20-18(22)12-14(3)4/h6-9,13-15H,10-12H2,1-5H3,(H,20,22)(H,21,23)/t15-/m1/s1. The monoisotopic (exact) mass is 334 g/mol. The molecular formula is C19H30N2O3. The van der Waals surface area contributed by atoms with Crippen molar-refractivity contribution in [3.8, 4) is 0 Å². The second-order valence-corrected chi connectivity index (χ2v) is 6.91. The Bertz CT molecular complexity index is 524. The van der Waals surface area contributed by atoms with Crippen LogP contribution in [0.4, 0.5) is 11.4 Å². The Morgan fingerprint density at radius 1 is 0.917 bits per heavy atom. The van der Waals surface area contributed by atoms with Crippen LogP contribution < -0.4 is 10.6 Å². The molecule has 0 bridgehead atoms. The van der Waals surface area contributed by atoms with E-state index in [0.717, 1.165) is 12.1 Å². The minimum Gasteiger partial charge on any atom is -0.369 e. The van der Waals surface area contributed by atoms with Crippen molar-refractivity contribution >= 4 is 23.2 Å². The van der Waals surface area contributed by atoms with Crippen LogP contribution in [0.25, 0.3) is 0 Å². The van der Waals surface area contributed by atoms with Gasteiger partial charge in [-0.25, -0.2) is 0 Å². The fourth-order valence-electron chi connectivity index (χ4n) is 2.02. The maximum atomic E-state index is 12.1. The number of amides is 2. The zero-order chi connectivity index (χ0) is 18.1. The molecule has 24 heavy (non-hydrogen) atoms. The molecule has 0 unspecified atom stereocenters. The first-order chi connectivity index (χ1) is 11.3. The molecule has 1 atom stereocenters. The average Bonchev–Trinajstić information content (AvgIpc) is 2.47. The van der Waals surface area contributed by atoms with Crippen molar-refractivity contribution < 1.29 is 14.3 Å².